The van der Waals surface area contributed by atoms with E-state index in [2.05, 4.69) is 34.6 Å². The lowest BCUT2D eigenvalue weighted by Gasteiger charge is -2.03. The van der Waals surface area contributed by atoms with Crippen LogP contribution < -0.4 is 5.73 Å². The number of benzene rings is 2. The topological polar surface area (TPSA) is 82.8 Å². The first-order chi connectivity index (χ1) is 11.3. The standard InChI is InChI=1S/C17H15N5O/c1-2-22-10-14(19-17(22)15-16(18)21-23-20-15)13-9-5-7-11-6-3-4-8-12(11)13/h3-10H,2H2,1H3,(H2,18,21). The first kappa shape index (κ1) is 13.5. The molecule has 0 saturated carbocycles. The number of hydrogen-bond donors (Lipinski definition) is 1. The fourth-order valence-electron chi connectivity index (χ4n) is 2.78. The van der Waals surface area contributed by atoms with Crippen molar-refractivity contribution in [3.05, 3.63) is 48.7 Å². The molecule has 0 unspecified atom stereocenters. The van der Waals surface area contributed by atoms with Crippen LogP contribution in [0.15, 0.2) is 53.3 Å². The number of hydrogen-bond acceptors (Lipinski definition) is 5. The lowest BCUT2D eigenvalue weighted by atomic mass is 10.0. The Hall–Kier alpha value is -3.15. The molecule has 0 fully saturated rings. The molecule has 0 amide bonds. The summed E-state index contributed by atoms with van der Waals surface area (Å²) in [5.41, 5.74) is 8.24. The van der Waals surface area contributed by atoms with Crippen LogP contribution in [0.25, 0.3) is 33.5 Å². The molecular formula is C17H15N5O. The molecule has 0 radical (unpaired) electrons. The summed E-state index contributed by atoms with van der Waals surface area (Å²) < 4.78 is 6.70. The average Bonchev–Trinajstić information content (AvgIpc) is 3.19. The highest BCUT2D eigenvalue weighted by Crippen LogP contribution is 2.31. The molecule has 2 N–H and O–H groups in total. The molecule has 0 atom stereocenters. The number of imidazole rings is 1. The summed E-state index contributed by atoms with van der Waals surface area (Å²) in [5.74, 6) is 0.906. The number of nitrogen functional groups attached to an aromatic ring is 1. The van der Waals surface area contributed by atoms with Crippen molar-refractivity contribution in [3.8, 4) is 22.8 Å². The average molecular weight is 305 g/mol. The van der Waals surface area contributed by atoms with Crippen LogP contribution in [0.5, 0.6) is 0 Å². The third-order valence-corrected chi connectivity index (χ3v) is 3.91. The van der Waals surface area contributed by atoms with E-state index in [0.717, 1.165) is 23.2 Å². The van der Waals surface area contributed by atoms with Crippen LogP contribution in [0.1, 0.15) is 6.92 Å². The fraction of sp³-hybridized carbons (Fsp3) is 0.118. The van der Waals surface area contributed by atoms with Crippen LogP contribution in [0.4, 0.5) is 5.82 Å². The van der Waals surface area contributed by atoms with Gasteiger partial charge in [-0.15, -0.1) is 0 Å². The summed E-state index contributed by atoms with van der Waals surface area (Å²) in [6.07, 6.45) is 2.01. The molecular weight excluding hydrogens is 290 g/mol. The maximum absolute atomic E-state index is 5.81. The van der Waals surface area contributed by atoms with Crippen molar-refractivity contribution >= 4 is 16.6 Å². The highest BCUT2D eigenvalue weighted by Gasteiger charge is 2.18. The third kappa shape index (κ3) is 2.15. The zero-order chi connectivity index (χ0) is 15.8. The van der Waals surface area contributed by atoms with Crippen molar-refractivity contribution in [2.45, 2.75) is 13.5 Å². The number of nitrogens with two attached hydrogens (primary N) is 1. The van der Waals surface area contributed by atoms with E-state index in [0.29, 0.717) is 11.5 Å². The van der Waals surface area contributed by atoms with Crippen molar-refractivity contribution in [3.63, 3.8) is 0 Å². The zero-order valence-electron chi connectivity index (χ0n) is 12.6. The van der Waals surface area contributed by atoms with Crippen LogP contribution in [0, 0.1) is 0 Å². The Morgan fingerprint density at radius 1 is 1.09 bits per heavy atom. The summed E-state index contributed by atoms with van der Waals surface area (Å²) >= 11 is 0. The molecule has 114 valence electrons. The van der Waals surface area contributed by atoms with E-state index in [1.54, 1.807) is 0 Å². The summed E-state index contributed by atoms with van der Waals surface area (Å²) in [7, 11) is 0. The second-order valence-corrected chi connectivity index (χ2v) is 5.26. The van der Waals surface area contributed by atoms with Crippen LogP contribution in [-0.4, -0.2) is 19.9 Å². The molecule has 4 rings (SSSR count). The van der Waals surface area contributed by atoms with Gasteiger partial charge >= 0.3 is 0 Å². The van der Waals surface area contributed by atoms with Crippen molar-refractivity contribution in [2.75, 3.05) is 5.73 Å². The van der Waals surface area contributed by atoms with Gasteiger partial charge in [0, 0.05) is 18.3 Å². The number of aromatic nitrogens is 4. The second kappa shape index (κ2) is 5.24. The van der Waals surface area contributed by atoms with Crippen molar-refractivity contribution in [1.82, 2.24) is 19.9 Å². The highest BCUT2D eigenvalue weighted by atomic mass is 16.6. The van der Waals surface area contributed by atoms with Gasteiger partial charge in [-0.2, -0.15) is 0 Å². The molecule has 0 saturated heterocycles. The lowest BCUT2D eigenvalue weighted by molar-refractivity contribution is 0.310. The SMILES string of the molecule is CCn1cc(-c2cccc3ccccc23)nc1-c1nonc1N. The molecule has 23 heavy (non-hydrogen) atoms. The van der Waals surface area contributed by atoms with Gasteiger partial charge in [0.2, 0.25) is 0 Å². The van der Waals surface area contributed by atoms with Gasteiger partial charge < -0.3 is 10.3 Å². The molecule has 2 aromatic carbocycles. The van der Waals surface area contributed by atoms with Crippen molar-refractivity contribution in [2.24, 2.45) is 0 Å². The number of aryl methyl sites for hydroxylation is 1. The molecule has 4 aromatic rings. The largest absolute Gasteiger partial charge is 0.379 e. The van der Waals surface area contributed by atoms with Crippen LogP contribution in [-0.2, 0) is 6.54 Å². The van der Waals surface area contributed by atoms with Gasteiger partial charge in [-0.3, -0.25) is 0 Å². The van der Waals surface area contributed by atoms with Crippen LogP contribution >= 0.6 is 0 Å². The Balaban J connectivity index is 1.93. The molecule has 0 aliphatic carbocycles. The Morgan fingerprint density at radius 3 is 2.70 bits per heavy atom. The predicted molar refractivity (Wildman–Crippen MR) is 88.5 cm³/mol. The van der Waals surface area contributed by atoms with Crippen molar-refractivity contribution in [1.29, 1.82) is 0 Å². The molecule has 2 aromatic heterocycles. The summed E-state index contributed by atoms with van der Waals surface area (Å²) in [4.78, 5) is 4.73. The number of fused-ring (bicyclic) bond motifs is 1. The summed E-state index contributed by atoms with van der Waals surface area (Å²) in [5, 5.41) is 9.85. The van der Waals surface area contributed by atoms with Gasteiger partial charge in [-0.1, -0.05) is 42.5 Å². The Labute approximate surface area is 132 Å². The zero-order valence-corrected chi connectivity index (χ0v) is 12.6. The van der Waals surface area contributed by atoms with Crippen LogP contribution in [0.3, 0.4) is 0 Å². The molecule has 0 spiro atoms. The van der Waals surface area contributed by atoms with E-state index in [1.165, 1.54) is 5.39 Å². The first-order valence-corrected chi connectivity index (χ1v) is 7.41. The Morgan fingerprint density at radius 2 is 1.91 bits per heavy atom. The minimum absolute atomic E-state index is 0.245. The molecule has 0 aliphatic rings. The smallest absolute Gasteiger partial charge is 0.199 e. The van der Waals surface area contributed by atoms with E-state index in [9.17, 15) is 0 Å². The fourth-order valence-corrected chi connectivity index (χ4v) is 2.78. The molecule has 0 bridgehead atoms. The van der Waals surface area contributed by atoms with E-state index in [4.69, 9.17) is 15.3 Å². The summed E-state index contributed by atoms with van der Waals surface area (Å²) in [6.45, 7) is 2.79. The monoisotopic (exact) mass is 305 g/mol. The van der Waals surface area contributed by atoms with Gasteiger partial charge in [-0.25, -0.2) is 9.61 Å². The maximum Gasteiger partial charge on any atom is 0.199 e. The minimum atomic E-state index is 0.245. The molecule has 0 aliphatic heterocycles. The third-order valence-electron chi connectivity index (χ3n) is 3.91. The van der Waals surface area contributed by atoms with Gasteiger partial charge in [0.1, 0.15) is 0 Å². The molecule has 6 heteroatoms. The highest BCUT2D eigenvalue weighted by molar-refractivity contribution is 5.96. The number of anilines is 1. The van der Waals surface area contributed by atoms with E-state index in [1.807, 2.05) is 35.9 Å². The molecule has 2 heterocycles. The maximum atomic E-state index is 5.81. The van der Waals surface area contributed by atoms with Gasteiger partial charge in [0.05, 0.1) is 5.69 Å². The Bertz CT molecular complexity index is 980. The lowest BCUT2D eigenvalue weighted by Crippen LogP contribution is -1.98. The number of nitrogens with zero attached hydrogens (tertiary/aromatic N) is 4. The number of rotatable bonds is 3. The second-order valence-electron chi connectivity index (χ2n) is 5.26. The quantitative estimate of drug-likeness (QED) is 0.627. The van der Waals surface area contributed by atoms with E-state index < -0.39 is 0 Å². The summed E-state index contributed by atoms with van der Waals surface area (Å²) in [6, 6.07) is 14.5. The Kier molecular flexibility index (Phi) is 3.08. The van der Waals surface area contributed by atoms with Crippen LogP contribution in [0.2, 0.25) is 0 Å². The van der Waals surface area contributed by atoms with Gasteiger partial charge in [0.15, 0.2) is 17.3 Å². The first-order valence-electron chi connectivity index (χ1n) is 7.41. The predicted octanol–water partition coefficient (Wildman–Crippen LogP) is 3.36. The normalized spacial score (nSPS) is 11.2. The van der Waals surface area contributed by atoms with Gasteiger partial charge in [-0.05, 0) is 28.0 Å². The van der Waals surface area contributed by atoms with Gasteiger partial charge in [0.25, 0.3) is 0 Å². The van der Waals surface area contributed by atoms with E-state index in [-0.39, 0.29) is 5.82 Å². The van der Waals surface area contributed by atoms with Crippen molar-refractivity contribution < 1.29 is 4.63 Å². The van der Waals surface area contributed by atoms with E-state index >= 15 is 0 Å². The molecule has 6 nitrogen and oxygen atoms in total. The minimum Gasteiger partial charge on any atom is -0.379 e.